The maximum Gasteiger partial charge on any atom is 0.179 e. The number of likely N-dealkylation sites (N-methyl/N-ethyl adjacent to an activating group) is 1. The fraction of sp³-hybridized carbons (Fsp3) is 0.857. The van der Waals surface area contributed by atoms with Crippen molar-refractivity contribution in [1.29, 1.82) is 0 Å². The van der Waals surface area contributed by atoms with Gasteiger partial charge in [-0.15, -0.1) is 10.2 Å². The molecule has 0 bridgehead atoms. The molecule has 1 aromatic rings. The van der Waals surface area contributed by atoms with E-state index in [0.717, 1.165) is 12.4 Å². The van der Waals surface area contributed by atoms with E-state index in [1.54, 1.807) is 0 Å². The fourth-order valence-electron chi connectivity index (χ4n) is 1.17. The monoisotopic (exact) mass is 169 g/mol. The highest BCUT2D eigenvalue weighted by molar-refractivity contribution is 4.93. The molecule has 5 nitrogen and oxygen atoms in total. The van der Waals surface area contributed by atoms with E-state index in [-0.39, 0.29) is 0 Å². The van der Waals surface area contributed by atoms with Crippen molar-refractivity contribution in [3.05, 3.63) is 5.82 Å². The first kappa shape index (κ1) is 9.12. The van der Waals surface area contributed by atoms with Gasteiger partial charge in [-0.1, -0.05) is 19.1 Å². The summed E-state index contributed by atoms with van der Waals surface area (Å²) in [5.41, 5.74) is 0. The molecular weight excluding hydrogens is 154 g/mol. The molecule has 1 aromatic heterocycles. The Balaban J connectivity index is 2.66. The largest absolute Gasteiger partial charge is 0.319 e. The Morgan fingerprint density at radius 3 is 2.67 bits per heavy atom. The van der Waals surface area contributed by atoms with E-state index in [2.05, 4.69) is 39.8 Å². The standard InChI is InChI=1S/C7H15N5/c1-5(2)6(4-8-3)7-9-11-12-10-7/h5-6,8H,4H2,1-3H3,(H,9,10,11,12). The van der Waals surface area contributed by atoms with Gasteiger partial charge in [0.1, 0.15) is 0 Å². The van der Waals surface area contributed by atoms with Crippen LogP contribution in [0.25, 0.3) is 0 Å². The van der Waals surface area contributed by atoms with Crippen LogP contribution < -0.4 is 5.32 Å². The van der Waals surface area contributed by atoms with Crippen molar-refractivity contribution in [2.45, 2.75) is 19.8 Å². The summed E-state index contributed by atoms with van der Waals surface area (Å²) in [4.78, 5) is 0. The zero-order chi connectivity index (χ0) is 8.97. The van der Waals surface area contributed by atoms with Crippen LogP contribution in [0, 0.1) is 5.92 Å². The number of aromatic nitrogens is 4. The number of H-pyrrole nitrogens is 1. The Morgan fingerprint density at radius 1 is 1.50 bits per heavy atom. The third-order valence-electron chi connectivity index (χ3n) is 1.92. The van der Waals surface area contributed by atoms with Crippen LogP contribution in [0.2, 0.25) is 0 Å². The van der Waals surface area contributed by atoms with Gasteiger partial charge >= 0.3 is 0 Å². The summed E-state index contributed by atoms with van der Waals surface area (Å²) in [5, 5.41) is 17.1. The predicted molar refractivity (Wildman–Crippen MR) is 45.7 cm³/mol. The highest BCUT2D eigenvalue weighted by Gasteiger charge is 2.18. The Hall–Kier alpha value is -0.970. The quantitative estimate of drug-likeness (QED) is 0.673. The summed E-state index contributed by atoms with van der Waals surface area (Å²) in [6, 6.07) is 0. The van der Waals surface area contributed by atoms with E-state index in [1.165, 1.54) is 0 Å². The van der Waals surface area contributed by atoms with Gasteiger partial charge in [0.05, 0.1) is 0 Å². The van der Waals surface area contributed by atoms with Gasteiger partial charge in [0, 0.05) is 12.5 Å². The third-order valence-corrected chi connectivity index (χ3v) is 1.92. The smallest absolute Gasteiger partial charge is 0.179 e. The average Bonchev–Trinajstić information content (AvgIpc) is 2.51. The molecule has 0 amide bonds. The van der Waals surface area contributed by atoms with Crippen molar-refractivity contribution in [2.24, 2.45) is 5.92 Å². The molecule has 1 heterocycles. The van der Waals surface area contributed by atoms with Crippen LogP contribution in [0.5, 0.6) is 0 Å². The van der Waals surface area contributed by atoms with Crippen LogP contribution in [-0.2, 0) is 0 Å². The summed E-state index contributed by atoms with van der Waals surface area (Å²) >= 11 is 0. The molecule has 0 fully saturated rings. The number of nitrogens with zero attached hydrogens (tertiary/aromatic N) is 3. The van der Waals surface area contributed by atoms with Crippen molar-refractivity contribution >= 4 is 0 Å². The lowest BCUT2D eigenvalue weighted by Crippen LogP contribution is -2.22. The van der Waals surface area contributed by atoms with Crippen molar-refractivity contribution in [2.75, 3.05) is 13.6 Å². The molecule has 0 saturated heterocycles. The Bertz CT molecular complexity index is 206. The second-order valence-electron chi connectivity index (χ2n) is 3.18. The van der Waals surface area contributed by atoms with Crippen molar-refractivity contribution in [1.82, 2.24) is 25.9 Å². The Kier molecular flexibility index (Phi) is 3.16. The predicted octanol–water partition coefficient (Wildman–Crippen LogP) is 0.159. The molecule has 0 aliphatic rings. The summed E-state index contributed by atoms with van der Waals surface area (Å²) < 4.78 is 0. The summed E-state index contributed by atoms with van der Waals surface area (Å²) in [7, 11) is 1.93. The lowest BCUT2D eigenvalue weighted by molar-refractivity contribution is 0.458. The van der Waals surface area contributed by atoms with Gasteiger partial charge in [0.2, 0.25) is 0 Å². The van der Waals surface area contributed by atoms with Gasteiger partial charge in [-0.2, -0.15) is 5.21 Å². The molecule has 1 unspecified atom stereocenters. The van der Waals surface area contributed by atoms with Crippen molar-refractivity contribution < 1.29 is 0 Å². The molecule has 1 atom stereocenters. The summed E-state index contributed by atoms with van der Waals surface area (Å²) in [6.45, 7) is 5.19. The first-order valence-corrected chi connectivity index (χ1v) is 4.13. The molecule has 0 aliphatic heterocycles. The van der Waals surface area contributed by atoms with Crippen LogP contribution in [0.15, 0.2) is 0 Å². The number of rotatable bonds is 4. The number of tetrazole rings is 1. The van der Waals surface area contributed by atoms with Gasteiger partial charge in [-0.05, 0) is 13.0 Å². The van der Waals surface area contributed by atoms with E-state index >= 15 is 0 Å². The Morgan fingerprint density at radius 2 is 2.25 bits per heavy atom. The molecule has 0 saturated carbocycles. The average molecular weight is 169 g/mol. The minimum absolute atomic E-state index is 0.341. The maximum absolute atomic E-state index is 3.97. The highest BCUT2D eigenvalue weighted by atomic mass is 15.5. The molecule has 12 heavy (non-hydrogen) atoms. The molecule has 68 valence electrons. The highest BCUT2D eigenvalue weighted by Crippen LogP contribution is 2.18. The molecule has 0 aromatic carbocycles. The fourth-order valence-corrected chi connectivity index (χ4v) is 1.17. The zero-order valence-electron chi connectivity index (χ0n) is 7.70. The van der Waals surface area contributed by atoms with Gasteiger partial charge in [-0.3, -0.25) is 0 Å². The van der Waals surface area contributed by atoms with E-state index in [1.807, 2.05) is 7.05 Å². The topological polar surface area (TPSA) is 66.5 Å². The third kappa shape index (κ3) is 2.01. The van der Waals surface area contributed by atoms with E-state index < -0.39 is 0 Å². The van der Waals surface area contributed by atoms with Crippen LogP contribution in [0.3, 0.4) is 0 Å². The minimum Gasteiger partial charge on any atom is -0.319 e. The first-order chi connectivity index (χ1) is 5.75. The Labute approximate surface area is 71.9 Å². The summed E-state index contributed by atoms with van der Waals surface area (Å²) in [5.74, 6) is 1.66. The van der Waals surface area contributed by atoms with E-state index in [4.69, 9.17) is 0 Å². The van der Waals surface area contributed by atoms with Crippen LogP contribution in [0.4, 0.5) is 0 Å². The molecule has 0 spiro atoms. The lowest BCUT2D eigenvalue weighted by Gasteiger charge is -2.15. The number of hydrogen-bond donors (Lipinski definition) is 2. The second kappa shape index (κ2) is 4.15. The maximum atomic E-state index is 3.97. The van der Waals surface area contributed by atoms with Gasteiger partial charge in [0.15, 0.2) is 5.82 Å². The van der Waals surface area contributed by atoms with Crippen molar-refractivity contribution in [3.8, 4) is 0 Å². The van der Waals surface area contributed by atoms with E-state index in [0.29, 0.717) is 11.8 Å². The molecule has 5 heteroatoms. The normalized spacial score (nSPS) is 13.7. The SMILES string of the molecule is CNCC(c1nn[nH]n1)C(C)C. The molecule has 1 rings (SSSR count). The zero-order valence-corrected chi connectivity index (χ0v) is 7.70. The molecule has 2 N–H and O–H groups in total. The van der Waals surface area contributed by atoms with Crippen molar-refractivity contribution in [3.63, 3.8) is 0 Å². The van der Waals surface area contributed by atoms with Gasteiger partial charge in [0.25, 0.3) is 0 Å². The minimum atomic E-state index is 0.341. The number of nitrogens with one attached hydrogen (secondary N) is 2. The molecule has 0 aliphatic carbocycles. The summed E-state index contributed by atoms with van der Waals surface area (Å²) in [6.07, 6.45) is 0. The molecular formula is C7H15N5. The first-order valence-electron chi connectivity index (χ1n) is 4.13. The van der Waals surface area contributed by atoms with Crippen LogP contribution >= 0.6 is 0 Å². The van der Waals surface area contributed by atoms with E-state index in [9.17, 15) is 0 Å². The van der Waals surface area contributed by atoms with Crippen LogP contribution in [-0.4, -0.2) is 34.2 Å². The van der Waals surface area contributed by atoms with Crippen LogP contribution in [0.1, 0.15) is 25.6 Å². The molecule has 0 radical (unpaired) electrons. The van der Waals surface area contributed by atoms with Gasteiger partial charge in [-0.25, -0.2) is 0 Å². The number of aromatic amines is 1. The lowest BCUT2D eigenvalue weighted by atomic mass is 9.95. The second-order valence-corrected chi connectivity index (χ2v) is 3.18. The van der Waals surface area contributed by atoms with Gasteiger partial charge < -0.3 is 5.32 Å². The number of hydrogen-bond acceptors (Lipinski definition) is 4.